The molecule has 120 valence electrons. The van der Waals surface area contributed by atoms with Gasteiger partial charge in [-0.2, -0.15) is 0 Å². The summed E-state index contributed by atoms with van der Waals surface area (Å²) in [6, 6.07) is 16.1. The number of fused-ring (bicyclic) bond motifs is 1. The third kappa shape index (κ3) is 1.82. The summed E-state index contributed by atoms with van der Waals surface area (Å²) >= 11 is 0. The summed E-state index contributed by atoms with van der Waals surface area (Å²) in [6.45, 7) is 0. The molecular weight excluding hydrogens is 316 g/mol. The van der Waals surface area contributed by atoms with Crippen molar-refractivity contribution in [1.82, 2.24) is 9.97 Å². The van der Waals surface area contributed by atoms with E-state index in [1.165, 1.54) is 4.90 Å². The number of rotatable bonds is 1. The van der Waals surface area contributed by atoms with Crippen LogP contribution in [-0.2, 0) is 0 Å². The van der Waals surface area contributed by atoms with Gasteiger partial charge in [-0.1, -0.05) is 24.3 Å². The van der Waals surface area contributed by atoms with Crippen LogP contribution in [0, 0.1) is 0 Å². The Balaban J connectivity index is 1.74. The average Bonchev–Trinajstić information content (AvgIpc) is 2.99. The van der Waals surface area contributed by atoms with Gasteiger partial charge in [0, 0.05) is 16.5 Å². The number of imide groups is 1. The van der Waals surface area contributed by atoms with Gasteiger partial charge in [-0.3, -0.25) is 9.59 Å². The molecule has 25 heavy (non-hydrogen) atoms. The van der Waals surface area contributed by atoms with Gasteiger partial charge in [0.2, 0.25) is 0 Å². The molecule has 0 unspecified atom stereocenters. The van der Waals surface area contributed by atoms with Gasteiger partial charge in [0.25, 0.3) is 11.8 Å². The molecular formula is C19H12N4O2. The molecule has 4 aromatic rings. The second-order valence-electron chi connectivity index (χ2n) is 5.98. The van der Waals surface area contributed by atoms with Crippen molar-refractivity contribution >= 4 is 45.3 Å². The molecule has 2 heterocycles. The number of carbonyl (C=O) groups excluding carboxylic acids is 2. The lowest BCUT2D eigenvalue weighted by Crippen LogP contribution is -2.40. The Hall–Kier alpha value is -3.67. The average molecular weight is 328 g/mol. The number of imidazole rings is 1. The number of nitrogen functional groups attached to an aromatic ring is 1. The van der Waals surface area contributed by atoms with Gasteiger partial charge in [-0.05, 0) is 35.7 Å². The van der Waals surface area contributed by atoms with E-state index in [1.807, 2.05) is 24.3 Å². The minimum absolute atomic E-state index is 0.290. The maximum absolute atomic E-state index is 13.0. The van der Waals surface area contributed by atoms with Crippen LogP contribution in [0.4, 0.5) is 11.6 Å². The van der Waals surface area contributed by atoms with E-state index in [0.29, 0.717) is 39.2 Å². The topological polar surface area (TPSA) is 92.1 Å². The highest BCUT2D eigenvalue weighted by Gasteiger charge is 2.33. The summed E-state index contributed by atoms with van der Waals surface area (Å²) in [7, 11) is 0. The summed E-state index contributed by atoms with van der Waals surface area (Å²) in [5.74, 6) is -0.374. The molecule has 3 N–H and O–H groups in total. The van der Waals surface area contributed by atoms with Gasteiger partial charge in [-0.15, -0.1) is 0 Å². The number of anilines is 2. The lowest BCUT2D eigenvalue weighted by Gasteiger charge is -2.27. The second-order valence-corrected chi connectivity index (χ2v) is 5.98. The molecule has 2 amide bonds. The Labute approximate surface area is 141 Å². The van der Waals surface area contributed by atoms with Crippen molar-refractivity contribution < 1.29 is 9.59 Å². The van der Waals surface area contributed by atoms with Crippen LogP contribution in [0.2, 0.25) is 0 Å². The highest BCUT2D eigenvalue weighted by Crippen LogP contribution is 2.33. The molecule has 0 saturated heterocycles. The number of hydrogen-bond donors (Lipinski definition) is 2. The number of benzene rings is 3. The third-order valence-corrected chi connectivity index (χ3v) is 4.51. The van der Waals surface area contributed by atoms with Crippen LogP contribution in [0.5, 0.6) is 0 Å². The van der Waals surface area contributed by atoms with Gasteiger partial charge in [0.1, 0.15) is 0 Å². The van der Waals surface area contributed by atoms with Crippen molar-refractivity contribution in [3.8, 4) is 0 Å². The van der Waals surface area contributed by atoms with Crippen LogP contribution in [0.15, 0.2) is 54.6 Å². The molecule has 3 aromatic carbocycles. The monoisotopic (exact) mass is 328 g/mol. The maximum Gasteiger partial charge on any atom is 0.265 e. The molecule has 0 aliphatic carbocycles. The van der Waals surface area contributed by atoms with Crippen molar-refractivity contribution in [3.05, 3.63) is 65.7 Å². The van der Waals surface area contributed by atoms with E-state index in [1.54, 1.807) is 30.3 Å². The van der Waals surface area contributed by atoms with Gasteiger partial charge in [0.15, 0.2) is 5.95 Å². The number of nitrogens with one attached hydrogen (secondary N) is 1. The number of carbonyl (C=O) groups is 2. The quantitative estimate of drug-likeness (QED) is 0.525. The minimum atomic E-state index is -0.332. The number of nitrogens with two attached hydrogens (primary N) is 1. The summed E-state index contributed by atoms with van der Waals surface area (Å²) in [6.07, 6.45) is 0. The fraction of sp³-hybridized carbons (Fsp3) is 0. The first-order valence-electron chi connectivity index (χ1n) is 7.79. The van der Waals surface area contributed by atoms with Crippen LogP contribution >= 0.6 is 0 Å². The maximum atomic E-state index is 13.0. The number of nitrogens with zero attached hydrogens (tertiary/aromatic N) is 2. The van der Waals surface area contributed by atoms with Crippen LogP contribution in [0.3, 0.4) is 0 Å². The van der Waals surface area contributed by atoms with Crippen LogP contribution < -0.4 is 10.6 Å². The molecule has 6 heteroatoms. The first-order chi connectivity index (χ1) is 12.1. The van der Waals surface area contributed by atoms with Crippen molar-refractivity contribution in [3.63, 3.8) is 0 Å². The Morgan fingerprint density at radius 2 is 1.60 bits per heavy atom. The SMILES string of the molecule is Nc1nc2ccc(N3C(=O)c4cccc5cccc(c45)C3=O)cc2[nH]1. The molecule has 0 atom stereocenters. The van der Waals surface area contributed by atoms with E-state index in [4.69, 9.17) is 5.73 Å². The summed E-state index contributed by atoms with van der Waals surface area (Å²) < 4.78 is 0. The Kier molecular flexibility index (Phi) is 2.57. The van der Waals surface area contributed by atoms with Crippen molar-refractivity contribution in [2.45, 2.75) is 0 Å². The molecule has 0 spiro atoms. The third-order valence-electron chi connectivity index (χ3n) is 4.51. The highest BCUT2D eigenvalue weighted by atomic mass is 16.2. The normalized spacial score (nSPS) is 13.8. The standard InChI is InChI=1S/C19H12N4O2/c20-19-21-14-8-7-11(9-15(14)22-19)23-17(24)12-5-1-3-10-4-2-6-13(16(10)12)18(23)25/h1-9H,(H3,20,21,22). The largest absolute Gasteiger partial charge is 0.369 e. The zero-order chi connectivity index (χ0) is 17.1. The van der Waals surface area contributed by atoms with E-state index >= 15 is 0 Å². The molecule has 1 aliphatic heterocycles. The molecule has 0 fully saturated rings. The van der Waals surface area contributed by atoms with Crippen molar-refractivity contribution in [1.29, 1.82) is 0 Å². The van der Waals surface area contributed by atoms with E-state index in [-0.39, 0.29) is 11.8 Å². The predicted octanol–water partition coefficient (Wildman–Crippen LogP) is 3.10. The molecule has 5 rings (SSSR count). The first-order valence-corrected chi connectivity index (χ1v) is 7.79. The highest BCUT2D eigenvalue weighted by molar-refractivity contribution is 6.35. The first kappa shape index (κ1) is 13.7. The molecule has 0 saturated carbocycles. The van der Waals surface area contributed by atoms with Gasteiger partial charge < -0.3 is 10.7 Å². The lowest BCUT2D eigenvalue weighted by molar-refractivity contribution is 0.0893. The Morgan fingerprint density at radius 1 is 0.920 bits per heavy atom. The van der Waals surface area contributed by atoms with Crippen molar-refractivity contribution in [2.24, 2.45) is 0 Å². The number of hydrogen-bond acceptors (Lipinski definition) is 4. The molecule has 0 radical (unpaired) electrons. The fourth-order valence-corrected chi connectivity index (χ4v) is 3.42. The summed E-state index contributed by atoms with van der Waals surface area (Å²) in [5, 5.41) is 1.59. The van der Waals surface area contributed by atoms with E-state index in [9.17, 15) is 9.59 Å². The Bertz CT molecular complexity index is 1160. The molecule has 0 bridgehead atoms. The van der Waals surface area contributed by atoms with E-state index in [0.717, 1.165) is 5.39 Å². The summed E-state index contributed by atoms with van der Waals surface area (Å²) in [5.41, 5.74) is 8.56. The lowest BCUT2D eigenvalue weighted by atomic mass is 9.94. The number of aromatic nitrogens is 2. The summed E-state index contributed by atoms with van der Waals surface area (Å²) in [4.78, 5) is 34.3. The molecule has 1 aliphatic rings. The Morgan fingerprint density at radius 3 is 2.28 bits per heavy atom. The van der Waals surface area contributed by atoms with Crippen LogP contribution in [0.1, 0.15) is 20.7 Å². The number of aromatic amines is 1. The van der Waals surface area contributed by atoms with Crippen LogP contribution in [-0.4, -0.2) is 21.8 Å². The molecule has 6 nitrogen and oxygen atoms in total. The van der Waals surface area contributed by atoms with Crippen molar-refractivity contribution in [2.75, 3.05) is 10.6 Å². The zero-order valence-corrected chi connectivity index (χ0v) is 13.0. The van der Waals surface area contributed by atoms with Gasteiger partial charge in [0.05, 0.1) is 16.7 Å². The zero-order valence-electron chi connectivity index (χ0n) is 13.0. The smallest absolute Gasteiger partial charge is 0.265 e. The van der Waals surface area contributed by atoms with E-state index < -0.39 is 0 Å². The van der Waals surface area contributed by atoms with Crippen LogP contribution in [0.25, 0.3) is 21.8 Å². The predicted molar refractivity (Wildman–Crippen MR) is 95.6 cm³/mol. The molecule has 1 aromatic heterocycles. The minimum Gasteiger partial charge on any atom is -0.369 e. The van der Waals surface area contributed by atoms with E-state index in [2.05, 4.69) is 9.97 Å². The fourth-order valence-electron chi connectivity index (χ4n) is 3.42. The van der Waals surface area contributed by atoms with Gasteiger partial charge >= 0.3 is 0 Å². The number of amides is 2. The number of H-pyrrole nitrogens is 1. The second kappa shape index (κ2) is 4.67. The van der Waals surface area contributed by atoms with Gasteiger partial charge in [-0.25, -0.2) is 9.88 Å².